The summed E-state index contributed by atoms with van der Waals surface area (Å²) in [5.74, 6) is -0.245. The number of nitrogens with one attached hydrogen (secondary N) is 1. The summed E-state index contributed by atoms with van der Waals surface area (Å²) >= 11 is 0. The van der Waals surface area contributed by atoms with Crippen LogP contribution in [0.5, 0.6) is 5.75 Å². The zero-order chi connectivity index (χ0) is 14.4. The maximum absolute atomic E-state index is 10.7. The van der Waals surface area contributed by atoms with Crippen molar-refractivity contribution >= 4 is 5.97 Å². The minimum Gasteiger partial charge on any atom is -0.492 e. The van der Waals surface area contributed by atoms with E-state index in [1.165, 1.54) is 0 Å². The van der Waals surface area contributed by atoms with Crippen LogP contribution in [0.2, 0.25) is 0 Å². The molecule has 0 saturated carbocycles. The van der Waals surface area contributed by atoms with Crippen LogP contribution >= 0.6 is 0 Å². The fourth-order valence-electron chi connectivity index (χ4n) is 2.28. The van der Waals surface area contributed by atoms with E-state index in [4.69, 9.17) is 14.6 Å². The van der Waals surface area contributed by atoms with Crippen molar-refractivity contribution in [3.63, 3.8) is 0 Å². The van der Waals surface area contributed by atoms with Crippen LogP contribution in [-0.2, 0) is 4.74 Å². The fraction of sp³-hybridized carbons (Fsp3) is 0.533. The van der Waals surface area contributed by atoms with Crippen LogP contribution < -0.4 is 10.1 Å². The fourth-order valence-corrected chi connectivity index (χ4v) is 2.28. The van der Waals surface area contributed by atoms with Crippen LogP contribution in [0.1, 0.15) is 30.1 Å². The van der Waals surface area contributed by atoms with Gasteiger partial charge in [-0.2, -0.15) is 0 Å². The number of rotatable bonds is 7. The molecule has 2 atom stereocenters. The quantitative estimate of drug-likeness (QED) is 0.746. The van der Waals surface area contributed by atoms with Gasteiger partial charge in [-0.3, -0.25) is 0 Å². The van der Waals surface area contributed by atoms with Crippen molar-refractivity contribution in [2.75, 3.05) is 19.8 Å². The maximum Gasteiger partial charge on any atom is 0.335 e. The van der Waals surface area contributed by atoms with E-state index >= 15 is 0 Å². The highest BCUT2D eigenvalue weighted by molar-refractivity contribution is 5.87. The van der Waals surface area contributed by atoms with E-state index < -0.39 is 5.97 Å². The summed E-state index contributed by atoms with van der Waals surface area (Å²) in [4.78, 5) is 10.7. The van der Waals surface area contributed by atoms with Gasteiger partial charge < -0.3 is 19.9 Å². The van der Waals surface area contributed by atoms with Crippen molar-refractivity contribution in [2.24, 2.45) is 0 Å². The monoisotopic (exact) mass is 279 g/mol. The number of ether oxygens (including phenoxy) is 2. The molecule has 0 radical (unpaired) electrons. The Morgan fingerprint density at radius 2 is 2.25 bits per heavy atom. The topological polar surface area (TPSA) is 67.8 Å². The lowest BCUT2D eigenvalue weighted by Crippen LogP contribution is -2.39. The van der Waals surface area contributed by atoms with Crippen molar-refractivity contribution in [3.8, 4) is 5.75 Å². The zero-order valence-corrected chi connectivity index (χ0v) is 11.7. The van der Waals surface area contributed by atoms with Gasteiger partial charge in [-0.25, -0.2) is 4.79 Å². The molecule has 1 aliphatic rings. The van der Waals surface area contributed by atoms with Crippen LogP contribution in [0.3, 0.4) is 0 Å². The van der Waals surface area contributed by atoms with Crippen molar-refractivity contribution < 1.29 is 19.4 Å². The largest absolute Gasteiger partial charge is 0.492 e. The highest BCUT2D eigenvalue weighted by atomic mass is 16.5. The zero-order valence-electron chi connectivity index (χ0n) is 11.7. The molecule has 1 aliphatic heterocycles. The van der Waals surface area contributed by atoms with Gasteiger partial charge in [0.25, 0.3) is 0 Å². The molecule has 0 aromatic heterocycles. The van der Waals surface area contributed by atoms with Gasteiger partial charge >= 0.3 is 5.97 Å². The molecule has 1 aromatic carbocycles. The Balaban J connectivity index is 1.66. The van der Waals surface area contributed by atoms with E-state index in [1.807, 2.05) is 0 Å². The molecule has 0 bridgehead atoms. The normalized spacial score (nSPS) is 19.8. The van der Waals surface area contributed by atoms with Gasteiger partial charge in [0.1, 0.15) is 12.4 Å². The first kappa shape index (κ1) is 14.8. The number of benzene rings is 1. The summed E-state index contributed by atoms with van der Waals surface area (Å²) in [6.45, 7) is 4.27. The van der Waals surface area contributed by atoms with E-state index in [0.29, 0.717) is 24.5 Å². The molecule has 1 fully saturated rings. The molecule has 0 amide bonds. The molecular weight excluding hydrogens is 258 g/mol. The molecule has 1 aromatic rings. The first-order valence-electron chi connectivity index (χ1n) is 6.98. The Bertz CT molecular complexity index is 426. The minimum absolute atomic E-state index is 0.266. The van der Waals surface area contributed by atoms with E-state index in [9.17, 15) is 4.79 Å². The van der Waals surface area contributed by atoms with Gasteiger partial charge in [-0.15, -0.1) is 0 Å². The number of aromatic carboxylic acids is 1. The van der Waals surface area contributed by atoms with Crippen molar-refractivity contribution in [3.05, 3.63) is 29.8 Å². The second-order valence-corrected chi connectivity index (χ2v) is 4.97. The SMILES string of the molecule is CC(NCCOc1ccc(C(=O)O)cc1)C1CCCO1. The first-order valence-corrected chi connectivity index (χ1v) is 6.98. The smallest absolute Gasteiger partial charge is 0.335 e. The molecule has 0 aliphatic carbocycles. The average Bonchev–Trinajstić information content (AvgIpc) is 2.98. The average molecular weight is 279 g/mol. The summed E-state index contributed by atoms with van der Waals surface area (Å²) < 4.78 is 11.2. The van der Waals surface area contributed by atoms with Gasteiger partial charge in [0.2, 0.25) is 0 Å². The molecular formula is C15H21NO4. The van der Waals surface area contributed by atoms with Gasteiger partial charge in [0.05, 0.1) is 11.7 Å². The Morgan fingerprint density at radius 1 is 1.50 bits per heavy atom. The second kappa shape index (κ2) is 7.26. The number of carboxylic acid groups (broad SMARTS) is 1. The molecule has 2 unspecified atom stereocenters. The minimum atomic E-state index is -0.927. The predicted molar refractivity (Wildman–Crippen MR) is 75.3 cm³/mol. The predicted octanol–water partition coefficient (Wildman–Crippen LogP) is 1.92. The third-order valence-corrected chi connectivity index (χ3v) is 3.46. The highest BCUT2D eigenvalue weighted by Crippen LogP contribution is 2.15. The molecule has 5 nitrogen and oxygen atoms in total. The number of carboxylic acids is 1. The van der Waals surface area contributed by atoms with Gasteiger partial charge in [-0.05, 0) is 44.0 Å². The third kappa shape index (κ3) is 4.21. The number of carbonyl (C=O) groups is 1. The summed E-state index contributed by atoms with van der Waals surface area (Å²) in [7, 11) is 0. The molecule has 1 heterocycles. The summed E-state index contributed by atoms with van der Waals surface area (Å²) in [5, 5.41) is 12.2. The van der Waals surface area contributed by atoms with Crippen LogP contribution in [-0.4, -0.2) is 43.0 Å². The molecule has 110 valence electrons. The van der Waals surface area contributed by atoms with E-state index in [1.54, 1.807) is 24.3 Å². The lowest BCUT2D eigenvalue weighted by atomic mass is 10.1. The number of hydrogen-bond donors (Lipinski definition) is 2. The Hall–Kier alpha value is -1.59. The molecule has 5 heteroatoms. The summed E-state index contributed by atoms with van der Waals surface area (Å²) in [6, 6.07) is 6.76. The van der Waals surface area contributed by atoms with E-state index in [2.05, 4.69) is 12.2 Å². The van der Waals surface area contributed by atoms with Crippen LogP contribution in [0, 0.1) is 0 Å². The van der Waals surface area contributed by atoms with Crippen molar-refractivity contribution in [1.29, 1.82) is 0 Å². The number of hydrogen-bond acceptors (Lipinski definition) is 4. The summed E-state index contributed by atoms with van der Waals surface area (Å²) in [5.41, 5.74) is 0.266. The summed E-state index contributed by atoms with van der Waals surface area (Å²) in [6.07, 6.45) is 2.57. The molecule has 2 N–H and O–H groups in total. The second-order valence-electron chi connectivity index (χ2n) is 4.97. The lowest BCUT2D eigenvalue weighted by molar-refractivity contribution is 0.0697. The van der Waals surface area contributed by atoms with Crippen molar-refractivity contribution in [1.82, 2.24) is 5.32 Å². The maximum atomic E-state index is 10.7. The van der Waals surface area contributed by atoms with Gasteiger partial charge in [0.15, 0.2) is 0 Å². The van der Waals surface area contributed by atoms with Crippen molar-refractivity contribution in [2.45, 2.75) is 31.9 Å². The Kier molecular flexibility index (Phi) is 5.38. The molecule has 0 spiro atoms. The van der Waals surface area contributed by atoms with Gasteiger partial charge in [0, 0.05) is 19.2 Å². The van der Waals surface area contributed by atoms with Crippen LogP contribution in [0.15, 0.2) is 24.3 Å². The Morgan fingerprint density at radius 3 is 2.85 bits per heavy atom. The highest BCUT2D eigenvalue weighted by Gasteiger charge is 2.21. The first-order chi connectivity index (χ1) is 9.66. The van der Waals surface area contributed by atoms with Gasteiger partial charge in [-0.1, -0.05) is 0 Å². The van der Waals surface area contributed by atoms with E-state index in [0.717, 1.165) is 26.0 Å². The lowest BCUT2D eigenvalue weighted by Gasteiger charge is -2.20. The molecule has 2 rings (SSSR count). The molecule has 20 heavy (non-hydrogen) atoms. The van der Waals surface area contributed by atoms with Crippen LogP contribution in [0.25, 0.3) is 0 Å². The third-order valence-electron chi connectivity index (χ3n) is 3.46. The molecule has 1 saturated heterocycles. The standard InChI is InChI=1S/C15H21NO4/c1-11(14-3-2-9-20-14)16-8-10-19-13-6-4-12(5-7-13)15(17)18/h4-7,11,14,16H,2-3,8-10H2,1H3,(H,17,18). The van der Waals surface area contributed by atoms with E-state index in [-0.39, 0.29) is 5.56 Å². The Labute approximate surface area is 118 Å². The van der Waals surface area contributed by atoms with Crippen LogP contribution in [0.4, 0.5) is 0 Å².